The molecule has 1 aromatic heterocycles. The molecule has 0 bridgehead atoms. The summed E-state index contributed by atoms with van der Waals surface area (Å²) in [6.45, 7) is 3.80. The molecule has 2 aromatic rings. The lowest BCUT2D eigenvalue weighted by molar-refractivity contribution is -0.132. The smallest absolute Gasteiger partial charge is 0.315 e. The molecule has 3 amide bonds. The number of fused-ring (bicyclic) bond motifs is 1. The van der Waals surface area contributed by atoms with Crippen molar-refractivity contribution in [3.63, 3.8) is 0 Å². The molecule has 1 atom stereocenters. The summed E-state index contributed by atoms with van der Waals surface area (Å²) in [5.41, 5.74) is 1.91. The molecule has 2 N–H and O–H groups in total. The fraction of sp³-hybridized carbons (Fsp3) is 0.368. The van der Waals surface area contributed by atoms with E-state index in [-0.39, 0.29) is 24.5 Å². The Morgan fingerprint density at radius 2 is 1.96 bits per heavy atom. The van der Waals surface area contributed by atoms with Crippen molar-refractivity contribution in [2.24, 2.45) is 0 Å². The van der Waals surface area contributed by atoms with E-state index in [1.165, 1.54) is 0 Å². The van der Waals surface area contributed by atoms with Crippen LogP contribution in [0.15, 0.2) is 42.6 Å². The standard InChI is InChI=1S/C19H23ClN4O2/c1-2-9-21-19(26)22-13-17(25)24-12-11-23-10-5-8-16(23)18(24)14-6-3-4-7-15(14)20/h3-8,10,18H,2,9,11-13H2,1H3,(H2,21,22,26)/t18-/m0/s1. The molecule has 6 nitrogen and oxygen atoms in total. The number of hydrogen-bond acceptors (Lipinski definition) is 2. The van der Waals surface area contributed by atoms with Gasteiger partial charge >= 0.3 is 6.03 Å². The maximum atomic E-state index is 12.8. The summed E-state index contributed by atoms with van der Waals surface area (Å²) in [5, 5.41) is 5.97. The summed E-state index contributed by atoms with van der Waals surface area (Å²) in [4.78, 5) is 26.4. The van der Waals surface area contributed by atoms with Crippen LogP contribution in [0.3, 0.4) is 0 Å². The van der Waals surface area contributed by atoms with Crippen LogP contribution in [0, 0.1) is 0 Å². The number of aromatic nitrogens is 1. The van der Waals surface area contributed by atoms with Crippen molar-refractivity contribution in [1.29, 1.82) is 0 Å². The van der Waals surface area contributed by atoms with Gasteiger partial charge in [0.2, 0.25) is 5.91 Å². The number of rotatable bonds is 5. The van der Waals surface area contributed by atoms with Crippen LogP contribution in [-0.4, -0.2) is 41.0 Å². The molecule has 0 spiro atoms. The molecule has 0 unspecified atom stereocenters. The molecule has 0 radical (unpaired) electrons. The van der Waals surface area contributed by atoms with Gasteiger partial charge in [-0.2, -0.15) is 0 Å². The van der Waals surface area contributed by atoms with Crippen LogP contribution in [0.1, 0.15) is 30.6 Å². The van der Waals surface area contributed by atoms with E-state index >= 15 is 0 Å². The van der Waals surface area contributed by atoms with Crippen LogP contribution in [0.25, 0.3) is 0 Å². The van der Waals surface area contributed by atoms with Crippen LogP contribution in [0.2, 0.25) is 5.02 Å². The Hall–Kier alpha value is -2.47. The zero-order valence-corrected chi connectivity index (χ0v) is 15.5. The average Bonchev–Trinajstić information content (AvgIpc) is 3.13. The molecule has 138 valence electrons. The molecule has 1 aromatic carbocycles. The van der Waals surface area contributed by atoms with Crippen LogP contribution in [-0.2, 0) is 11.3 Å². The molecule has 0 aliphatic carbocycles. The van der Waals surface area contributed by atoms with Gasteiger partial charge in [-0.15, -0.1) is 0 Å². The lowest BCUT2D eigenvalue weighted by Crippen LogP contribution is -2.48. The molecule has 26 heavy (non-hydrogen) atoms. The molecule has 3 rings (SSSR count). The molecular formula is C19H23ClN4O2. The fourth-order valence-corrected chi connectivity index (χ4v) is 3.47. The minimum Gasteiger partial charge on any atom is -0.348 e. The van der Waals surface area contributed by atoms with Gasteiger partial charge in [0, 0.05) is 36.5 Å². The number of hydrogen-bond donors (Lipinski definition) is 2. The first-order chi connectivity index (χ1) is 12.6. The summed E-state index contributed by atoms with van der Waals surface area (Å²) in [5.74, 6) is -0.131. The van der Waals surface area contributed by atoms with Crippen LogP contribution in [0.5, 0.6) is 0 Å². The number of nitrogens with one attached hydrogen (secondary N) is 2. The number of nitrogens with zero attached hydrogens (tertiary/aromatic N) is 2. The van der Waals surface area contributed by atoms with Gasteiger partial charge in [0.15, 0.2) is 0 Å². The Bertz CT molecular complexity index is 789. The molecule has 0 saturated carbocycles. The van der Waals surface area contributed by atoms with Crippen molar-refractivity contribution in [2.75, 3.05) is 19.6 Å². The van der Waals surface area contributed by atoms with Gasteiger partial charge in [0.05, 0.1) is 12.6 Å². The van der Waals surface area contributed by atoms with Crippen molar-refractivity contribution in [3.8, 4) is 0 Å². The van der Waals surface area contributed by atoms with Gasteiger partial charge in [-0.3, -0.25) is 4.79 Å². The maximum absolute atomic E-state index is 12.8. The van der Waals surface area contributed by atoms with Crippen molar-refractivity contribution < 1.29 is 9.59 Å². The number of urea groups is 1. The monoisotopic (exact) mass is 374 g/mol. The largest absolute Gasteiger partial charge is 0.348 e. The second-order valence-electron chi connectivity index (χ2n) is 6.25. The quantitative estimate of drug-likeness (QED) is 0.845. The lowest BCUT2D eigenvalue weighted by Gasteiger charge is -2.37. The van der Waals surface area contributed by atoms with Crippen LogP contribution >= 0.6 is 11.6 Å². The van der Waals surface area contributed by atoms with Gasteiger partial charge < -0.3 is 20.1 Å². The molecular weight excluding hydrogens is 352 g/mol. The fourth-order valence-electron chi connectivity index (χ4n) is 3.23. The SMILES string of the molecule is CCCNC(=O)NCC(=O)N1CCn2cccc2[C@@H]1c1ccccc1Cl. The molecule has 1 aliphatic heterocycles. The predicted octanol–water partition coefficient (Wildman–Crippen LogP) is 2.78. The number of benzene rings is 1. The Morgan fingerprint density at radius 1 is 1.15 bits per heavy atom. The zero-order chi connectivity index (χ0) is 18.5. The molecule has 2 heterocycles. The zero-order valence-electron chi connectivity index (χ0n) is 14.7. The highest BCUT2D eigenvalue weighted by Crippen LogP contribution is 2.35. The normalized spacial score (nSPS) is 16.1. The second-order valence-corrected chi connectivity index (χ2v) is 6.65. The first-order valence-electron chi connectivity index (χ1n) is 8.82. The summed E-state index contributed by atoms with van der Waals surface area (Å²) in [6, 6.07) is 11.0. The van der Waals surface area contributed by atoms with Gasteiger partial charge in [-0.05, 0) is 30.2 Å². The number of halogens is 1. The van der Waals surface area contributed by atoms with E-state index in [0.29, 0.717) is 18.1 Å². The Labute approximate surface area is 158 Å². The Kier molecular flexibility index (Phi) is 5.83. The highest BCUT2D eigenvalue weighted by Gasteiger charge is 2.33. The number of amides is 3. The molecule has 0 fully saturated rings. The van der Waals surface area contributed by atoms with E-state index in [1.54, 1.807) is 4.90 Å². The van der Waals surface area contributed by atoms with Crippen LogP contribution in [0.4, 0.5) is 4.79 Å². The Balaban J connectivity index is 1.80. The Morgan fingerprint density at radius 3 is 2.73 bits per heavy atom. The van der Waals surface area contributed by atoms with Gasteiger partial charge in [0.1, 0.15) is 0 Å². The van der Waals surface area contributed by atoms with Gasteiger partial charge in [-0.1, -0.05) is 36.7 Å². The van der Waals surface area contributed by atoms with E-state index in [2.05, 4.69) is 15.2 Å². The van der Waals surface area contributed by atoms with Gasteiger partial charge in [0.25, 0.3) is 0 Å². The van der Waals surface area contributed by atoms with E-state index in [9.17, 15) is 9.59 Å². The van der Waals surface area contributed by atoms with E-state index < -0.39 is 0 Å². The topological polar surface area (TPSA) is 66.4 Å². The first kappa shape index (κ1) is 18.3. The average molecular weight is 375 g/mol. The summed E-state index contributed by atoms with van der Waals surface area (Å²) >= 11 is 6.42. The van der Waals surface area contributed by atoms with Crippen molar-refractivity contribution in [2.45, 2.75) is 25.9 Å². The van der Waals surface area contributed by atoms with E-state index in [1.807, 2.05) is 49.5 Å². The first-order valence-corrected chi connectivity index (χ1v) is 9.20. The molecule has 1 aliphatic rings. The third-order valence-electron chi connectivity index (χ3n) is 4.49. The van der Waals surface area contributed by atoms with Crippen molar-refractivity contribution in [1.82, 2.24) is 20.1 Å². The van der Waals surface area contributed by atoms with Crippen molar-refractivity contribution >= 4 is 23.5 Å². The van der Waals surface area contributed by atoms with Crippen LogP contribution < -0.4 is 10.6 Å². The number of carbonyl (C=O) groups excluding carboxylic acids is 2. The van der Waals surface area contributed by atoms with Crippen molar-refractivity contribution in [3.05, 3.63) is 58.9 Å². The third kappa shape index (κ3) is 3.85. The van der Waals surface area contributed by atoms with E-state index in [0.717, 1.165) is 24.2 Å². The number of carbonyl (C=O) groups is 2. The summed E-state index contributed by atoms with van der Waals surface area (Å²) in [6.07, 6.45) is 2.86. The summed E-state index contributed by atoms with van der Waals surface area (Å²) in [7, 11) is 0. The molecule has 7 heteroatoms. The third-order valence-corrected chi connectivity index (χ3v) is 4.84. The maximum Gasteiger partial charge on any atom is 0.315 e. The second kappa shape index (κ2) is 8.27. The predicted molar refractivity (Wildman–Crippen MR) is 101 cm³/mol. The van der Waals surface area contributed by atoms with Gasteiger partial charge in [-0.25, -0.2) is 4.79 Å². The minimum atomic E-state index is -0.324. The summed E-state index contributed by atoms with van der Waals surface area (Å²) < 4.78 is 2.14. The highest BCUT2D eigenvalue weighted by molar-refractivity contribution is 6.31. The van der Waals surface area contributed by atoms with E-state index in [4.69, 9.17) is 11.6 Å². The lowest BCUT2D eigenvalue weighted by atomic mass is 9.99. The highest BCUT2D eigenvalue weighted by atomic mass is 35.5. The molecule has 0 saturated heterocycles. The minimum absolute atomic E-state index is 0.0444.